The number of carbonyl (C=O) groups excluding carboxylic acids is 2. The smallest absolute Gasteiger partial charge is 0.225 e. The Kier molecular flexibility index (Phi) is 9.39. The van der Waals surface area contributed by atoms with Gasteiger partial charge in [-0.3, -0.25) is 9.59 Å². The lowest BCUT2D eigenvalue weighted by molar-refractivity contribution is -0.131. The molecule has 0 aliphatic heterocycles. The van der Waals surface area contributed by atoms with Crippen molar-refractivity contribution in [1.82, 2.24) is 10.6 Å². The van der Waals surface area contributed by atoms with E-state index in [1.807, 2.05) is 41.5 Å². The van der Waals surface area contributed by atoms with Gasteiger partial charge in [-0.2, -0.15) is 0 Å². The lowest BCUT2D eigenvalue weighted by atomic mass is 9.88. The lowest BCUT2D eigenvalue weighted by Crippen LogP contribution is -2.42. The number of nitrogens with one attached hydrogen (secondary N) is 2. The SMILES string of the molecule is CC(C)C(=O)NCCNC(=O)C(C)(C)CCOC(C)(C)CCN. The monoisotopic (exact) mass is 329 g/mol. The average Bonchev–Trinajstić information content (AvgIpc) is 2.42. The van der Waals surface area contributed by atoms with Gasteiger partial charge in [-0.1, -0.05) is 27.7 Å². The summed E-state index contributed by atoms with van der Waals surface area (Å²) in [6, 6.07) is 0. The molecule has 0 atom stereocenters. The zero-order valence-corrected chi connectivity index (χ0v) is 15.6. The zero-order valence-electron chi connectivity index (χ0n) is 15.6. The van der Waals surface area contributed by atoms with Crippen molar-refractivity contribution in [1.29, 1.82) is 0 Å². The number of nitrogens with two attached hydrogens (primary N) is 1. The van der Waals surface area contributed by atoms with Crippen LogP contribution in [-0.4, -0.2) is 43.7 Å². The summed E-state index contributed by atoms with van der Waals surface area (Å²) in [6.45, 7) is 13.4. The average molecular weight is 329 g/mol. The first-order valence-electron chi connectivity index (χ1n) is 8.42. The molecule has 6 heteroatoms. The van der Waals surface area contributed by atoms with Crippen LogP contribution in [0.3, 0.4) is 0 Å². The van der Waals surface area contributed by atoms with Gasteiger partial charge in [0.05, 0.1) is 5.60 Å². The van der Waals surface area contributed by atoms with E-state index in [1.54, 1.807) is 0 Å². The second kappa shape index (κ2) is 9.88. The van der Waals surface area contributed by atoms with E-state index in [0.29, 0.717) is 32.7 Å². The maximum Gasteiger partial charge on any atom is 0.225 e. The summed E-state index contributed by atoms with van der Waals surface area (Å²) >= 11 is 0. The molecule has 0 spiro atoms. The number of carbonyl (C=O) groups is 2. The van der Waals surface area contributed by atoms with Crippen LogP contribution < -0.4 is 16.4 Å². The van der Waals surface area contributed by atoms with E-state index in [0.717, 1.165) is 6.42 Å². The Morgan fingerprint density at radius 3 is 2.13 bits per heavy atom. The summed E-state index contributed by atoms with van der Waals surface area (Å²) in [4.78, 5) is 23.6. The number of hydrogen-bond donors (Lipinski definition) is 3. The van der Waals surface area contributed by atoms with E-state index in [4.69, 9.17) is 10.5 Å². The Bertz CT molecular complexity index is 379. The van der Waals surface area contributed by atoms with E-state index in [2.05, 4.69) is 10.6 Å². The summed E-state index contributed by atoms with van der Waals surface area (Å²) in [5.74, 6) is -0.0817. The molecule has 6 nitrogen and oxygen atoms in total. The molecule has 0 unspecified atom stereocenters. The Morgan fingerprint density at radius 2 is 1.61 bits per heavy atom. The van der Waals surface area contributed by atoms with E-state index < -0.39 is 5.41 Å². The molecular weight excluding hydrogens is 294 g/mol. The van der Waals surface area contributed by atoms with Gasteiger partial charge in [0.1, 0.15) is 0 Å². The van der Waals surface area contributed by atoms with E-state index in [-0.39, 0.29) is 23.3 Å². The minimum Gasteiger partial charge on any atom is -0.375 e. The summed E-state index contributed by atoms with van der Waals surface area (Å²) in [5, 5.41) is 5.64. The summed E-state index contributed by atoms with van der Waals surface area (Å²) < 4.78 is 5.82. The van der Waals surface area contributed by atoms with Crippen molar-refractivity contribution in [2.75, 3.05) is 26.2 Å². The van der Waals surface area contributed by atoms with Crippen LogP contribution in [0.2, 0.25) is 0 Å². The van der Waals surface area contributed by atoms with Crippen LogP contribution in [0.15, 0.2) is 0 Å². The standard InChI is InChI=1S/C17H35N3O3/c1-13(2)14(21)19-10-11-20-15(22)16(3,4)8-12-23-17(5,6)7-9-18/h13H,7-12,18H2,1-6H3,(H,19,21)(H,20,22). The second-order valence-corrected chi connectivity index (χ2v) is 7.48. The van der Waals surface area contributed by atoms with Gasteiger partial charge < -0.3 is 21.1 Å². The molecular formula is C17H35N3O3. The normalized spacial score (nSPS) is 12.3. The van der Waals surface area contributed by atoms with Crippen molar-refractivity contribution in [2.45, 2.75) is 60.0 Å². The Balaban J connectivity index is 4.08. The Labute approximate surface area is 140 Å². The highest BCUT2D eigenvalue weighted by molar-refractivity contribution is 5.82. The molecule has 0 aliphatic rings. The molecule has 0 aromatic carbocycles. The van der Waals surface area contributed by atoms with Gasteiger partial charge in [0.15, 0.2) is 0 Å². The number of ether oxygens (including phenoxy) is 1. The third-order valence-corrected chi connectivity index (χ3v) is 3.82. The Morgan fingerprint density at radius 1 is 1.04 bits per heavy atom. The van der Waals surface area contributed by atoms with Crippen molar-refractivity contribution in [2.24, 2.45) is 17.1 Å². The highest BCUT2D eigenvalue weighted by atomic mass is 16.5. The largest absolute Gasteiger partial charge is 0.375 e. The summed E-state index contributed by atoms with van der Waals surface area (Å²) in [7, 11) is 0. The minimum atomic E-state index is -0.513. The van der Waals surface area contributed by atoms with Gasteiger partial charge in [0, 0.05) is 31.0 Å². The summed E-state index contributed by atoms with van der Waals surface area (Å²) in [6.07, 6.45) is 1.42. The lowest BCUT2D eigenvalue weighted by Gasteiger charge is -2.28. The van der Waals surface area contributed by atoms with Crippen molar-refractivity contribution < 1.29 is 14.3 Å². The highest BCUT2D eigenvalue weighted by Crippen LogP contribution is 2.22. The van der Waals surface area contributed by atoms with Crippen LogP contribution in [0.25, 0.3) is 0 Å². The van der Waals surface area contributed by atoms with Crippen molar-refractivity contribution in [3.63, 3.8) is 0 Å². The first kappa shape index (κ1) is 21.9. The molecule has 0 fully saturated rings. The third-order valence-electron chi connectivity index (χ3n) is 3.82. The first-order chi connectivity index (χ1) is 10.5. The van der Waals surface area contributed by atoms with Gasteiger partial charge in [-0.25, -0.2) is 0 Å². The molecule has 0 saturated carbocycles. The molecule has 0 bridgehead atoms. The van der Waals surface area contributed by atoms with Crippen molar-refractivity contribution >= 4 is 11.8 Å². The fourth-order valence-corrected chi connectivity index (χ4v) is 1.92. The fourth-order valence-electron chi connectivity index (χ4n) is 1.92. The predicted molar refractivity (Wildman–Crippen MR) is 93.0 cm³/mol. The molecule has 0 aliphatic carbocycles. The molecule has 23 heavy (non-hydrogen) atoms. The third kappa shape index (κ3) is 9.56. The number of rotatable bonds is 11. The molecule has 0 aromatic heterocycles. The molecule has 0 aromatic rings. The van der Waals surface area contributed by atoms with Gasteiger partial charge in [0.2, 0.25) is 11.8 Å². The van der Waals surface area contributed by atoms with Gasteiger partial charge >= 0.3 is 0 Å². The molecule has 4 N–H and O–H groups in total. The quantitative estimate of drug-likeness (QED) is 0.500. The molecule has 2 amide bonds. The van der Waals surface area contributed by atoms with Crippen molar-refractivity contribution in [3.8, 4) is 0 Å². The maximum atomic E-state index is 12.2. The van der Waals surface area contributed by atoms with Crippen LogP contribution in [0.5, 0.6) is 0 Å². The van der Waals surface area contributed by atoms with Crippen LogP contribution in [0.1, 0.15) is 54.4 Å². The van der Waals surface area contributed by atoms with Crippen molar-refractivity contribution in [3.05, 3.63) is 0 Å². The van der Waals surface area contributed by atoms with Gasteiger partial charge in [-0.15, -0.1) is 0 Å². The van der Waals surface area contributed by atoms with Crippen LogP contribution in [0.4, 0.5) is 0 Å². The van der Waals surface area contributed by atoms with Gasteiger partial charge in [-0.05, 0) is 33.2 Å². The van der Waals surface area contributed by atoms with E-state index in [1.165, 1.54) is 0 Å². The second-order valence-electron chi connectivity index (χ2n) is 7.48. The number of amides is 2. The maximum absolute atomic E-state index is 12.2. The molecule has 136 valence electrons. The molecule has 0 radical (unpaired) electrons. The highest BCUT2D eigenvalue weighted by Gasteiger charge is 2.28. The van der Waals surface area contributed by atoms with E-state index >= 15 is 0 Å². The fraction of sp³-hybridized carbons (Fsp3) is 0.882. The van der Waals surface area contributed by atoms with Crippen LogP contribution in [0, 0.1) is 11.3 Å². The molecule has 0 saturated heterocycles. The van der Waals surface area contributed by atoms with Crippen LogP contribution >= 0.6 is 0 Å². The van der Waals surface area contributed by atoms with Gasteiger partial charge in [0.25, 0.3) is 0 Å². The predicted octanol–water partition coefficient (Wildman–Crippen LogP) is 1.44. The topological polar surface area (TPSA) is 93.5 Å². The molecule has 0 heterocycles. The van der Waals surface area contributed by atoms with Crippen LogP contribution in [-0.2, 0) is 14.3 Å². The number of hydrogen-bond acceptors (Lipinski definition) is 4. The molecule has 0 rings (SSSR count). The zero-order chi connectivity index (χ0) is 18.1. The Hall–Kier alpha value is -1.14. The van der Waals surface area contributed by atoms with E-state index in [9.17, 15) is 9.59 Å². The first-order valence-corrected chi connectivity index (χ1v) is 8.42. The minimum absolute atomic E-state index is 0.00551. The summed E-state index contributed by atoms with van der Waals surface area (Å²) in [5.41, 5.74) is 4.78.